The van der Waals surface area contributed by atoms with Crippen LogP contribution >= 0.6 is 12.2 Å². The van der Waals surface area contributed by atoms with Crippen LogP contribution < -0.4 is 10.6 Å². The van der Waals surface area contributed by atoms with E-state index in [0.717, 1.165) is 29.5 Å². The van der Waals surface area contributed by atoms with Gasteiger partial charge in [0, 0.05) is 17.2 Å². The maximum atomic E-state index is 9.94. The van der Waals surface area contributed by atoms with Gasteiger partial charge in [-0.15, -0.1) is 0 Å². The molecule has 4 nitrogen and oxygen atoms in total. The van der Waals surface area contributed by atoms with Crippen molar-refractivity contribution in [3.05, 3.63) is 66.2 Å². The van der Waals surface area contributed by atoms with Crippen LogP contribution in [-0.4, -0.2) is 11.2 Å². The molecule has 0 radical (unpaired) electrons. The average molecular weight is 402 g/mol. The number of anilines is 1. The highest BCUT2D eigenvalue weighted by atomic mass is 32.1. The Bertz CT molecular complexity index is 1020. The van der Waals surface area contributed by atoms with Gasteiger partial charge in [-0.3, -0.25) is 0 Å². The number of thiocarbonyl (C=S) groups is 1. The SMILES string of the molecule is N#Cc1c(NC(=S)NC2CCCCC2)oc(-c2ccccc2)c1-c1ccccc1. The van der Waals surface area contributed by atoms with Gasteiger partial charge in [0.2, 0.25) is 5.88 Å². The first-order chi connectivity index (χ1) is 14.3. The number of hydrogen-bond acceptors (Lipinski definition) is 3. The molecular weight excluding hydrogens is 378 g/mol. The molecule has 0 spiro atoms. The first-order valence-corrected chi connectivity index (χ1v) is 10.4. The van der Waals surface area contributed by atoms with E-state index in [-0.39, 0.29) is 0 Å². The molecule has 1 saturated carbocycles. The average Bonchev–Trinajstić information content (AvgIpc) is 3.13. The lowest BCUT2D eigenvalue weighted by Crippen LogP contribution is -2.38. The van der Waals surface area contributed by atoms with Crippen molar-refractivity contribution in [2.24, 2.45) is 0 Å². The quantitative estimate of drug-likeness (QED) is 0.517. The van der Waals surface area contributed by atoms with Crippen LogP contribution in [-0.2, 0) is 0 Å². The van der Waals surface area contributed by atoms with Crippen LogP contribution in [0, 0.1) is 11.3 Å². The van der Waals surface area contributed by atoms with Gasteiger partial charge in [-0.25, -0.2) is 0 Å². The van der Waals surface area contributed by atoms with Gasteiger partial charge in [-0.05, 0) is 30.6 Å². The van der Waals surface area contributed by atoms with Gasteiger partial charge in [-0.2, -0.15) is 5.26 Å². The summed E-state index contributed by atoms with van der Waals surface area (Å²) in [6.45, 7) is 0. The summed E-state index contributed by atoms with van der Waals surface area (Å²) in [6.07, 6.45) is 5.98. The van der Waals surface area contributed by atoms with Crippen LogP contribution in [0.15, 0.2) is 65.1 Å². The summed E-state index contributed by atoms with van der Waals surface area (Å²) in [4.78, 5) is 0. The molecule has 1 fully saturated rings. The Morgan fingerprint density at radius 1 is 0.931 bits per heavy atom. The Morgan fingerprint density at radius 3 is 2.17 bits per heavy atom. The van der Waals surface area contributed by atoms with Crippen molar-refractivity contribution in [2.75, 3.05) is 5.32 Å². The summed E-state index contributed by atoms with van der Waals surface area (Å²) in [6, 6.07) is 22.4. The minimum absolute atomic E-state index is 0.381. The van der Waals surface area contributed by atoms with Gasteiger partial charge < -0.3 is 15.1 Å². The Balaban J connectivity index is 1.70. The molecule has 5 heteroatoms. The Labute approximate surface area is 176 Å². The second-order valence-corrected chi connectivity index (χ2v) is 7.70. The van der Waals surface area contributed by atoms with Gasteiger partial charge in [0.15, 0.2) is 5.11 Å². The molecule has 2 N–H and O–H groups in total. The summed E-state index contributed by atoms with van der Waals surface area (Å²) in [5.74, 6) is 1.05. The minimum atomic E-state index is 0.381. The third kappa shape index (κ3) is 4.33. The summed E-state index contributed by atoms with van der Waals surface area (Å²) in [5, 5.41) is 17.0. The van der Waals surface area contributed by atoms with Crippen molar-refractivity contribution in [1.82, 2.24) is 5.32 Å². The first-order valence-electron chi connectivity index (χ1n) is 10.0. The number of furan rings is 1. The van der Waals surface area contributed by atoms with Crippen molar-refractivity contribution in [1.29, 1.82) is 5.26 Å². The van der Waals surface area contributed by atoms with Crippen molar-refractivity contribution >= 4 is 23.2 Å². The fourth-order valence-electron chi connectivity index (χ4n) is 3.87. The van der Waals surface area contributed by atoms with Crippen LogP contribution in [0.5, 0.6) is 0 Å². The fraction of sp³-hybridized carbons (Fsp3) is 0.250. The molecule has 0 aliphatic heterocycles. The largest absolute Gasteiger partial charge is 0.438 e. The zero-order valence-electron chi connectivity index (χ0n) is 16.2. The molecule has 1 heterocycles. The lowest BCUT2D eigenvalue weighted by molar-refractivity contribution is 0.414. The van der Waals surface area contributed by atoms with Crippen molar-refractivity contribution < 1.29 is 4.42 Å². The summed E-state index contributed by atoms with van der Waals surface area (Å²) < 4.78 is 6.18. The molecule has 1 aliphatic carbocycles. The normalized spacial score (nSPS) is 14.2. The number of rotatable bonds is 4. The smallest absolute Gasteiger partial charge is 0.218 e. The van der Waals surface area contributed by atoms with Gasteiger partial charge in [0.25, 0.3) is 0 Å². The van der Waals surface area contributed by atoms with Crippen LogP contribution in [0.1, 0.15) is 37.7 Å². The molecule has 0 unspecified atom stereocenters. The lowest BCUT2D eigenvalue weighted by atomic mass is 9.96. The predicted octanol–water partition coefficient (Wildman–Crippen LogP) is 6.10. The standard InChI is InChI=1S/C24H23N3OS/c25-16-20-21(17-10-4-1-5-11-17)22(18-12-6-2-7-13-18)28-23(20)27-24(29)26-19-14-8-3-9-15-19/h1-2,4-7,10-13,19H,3,8-9,14-15H2,(H2,26,27,29). The molecule has 1 aromatic heterocycles. The molecule has 4 rings (SSSR count). The zero-order chi connectivity index (χ0) is 20.1. The fourth-order valence-corrected chi connectivity index (χ4v) is 4.13. The molecule has 3 aromatic rings. The first kappa shape index (κ1) is 19.2. The van der Waals surface area contributed by atoms with Crippen LogP contribution in [0.25, 0.3) is 22.5 Å². The Hall–Kier alpha value is -3.10. The second kappa shape index (κ2) is 8.93. The monoisotopic (exact) mass is 401 g/mol. The van der Waals surface area contributed by atoms with E-state index in [9.17, 15) is 5.26 Å². The summed E-state index contributed by atoms with van der Waals surface area (Å²) in [7, 11) is 0. The molecular formula is C24H23N3OS. The predicted molar refractivity (Wildman–Crippen MR) is 121 cm³/mol. The van der Waals surface area contributed by atoms with E-state index in [2.05, 4.69) is 16.7 Å². The number of nitriles is 1. The third-order valence-corrected chi connectivity index (χ3v) is 5.51. The molecule has 0 saturated heterocycles. The van der Waals surface area contributed by atoms with Crippen molar-refractivity contribution in [3.63, 3.8) is 0 Å². The van der Waals surface area contributed by atoms with Gasteiger partial charge >= 0.3 is 0 Å². The topological polar surface area (TPSA) is 61.0 Å². The number of nitrogens with one attached hydrogen (secondary N) is 2. The number of hydrogen-bond donors (Lipinski definition) is 2. The highest BCUT2D eigenvalue weighted by molar-refractivity contribution is 7.80. The third-order valence-electron chi connectivity index (χ3n) is 5.29. The van der Waals surface area contributed by atoms with E-state index >= 15 is 0 Å². The van der Waals surface area contributed by atoms with Crippen LogP contribution in [0.2, 0.25) is 0 Å². The maximum absolute atomic E-state index is 9.94. The van der Waals surface area contributed by atoms with E-state index < -0.39 is 0 Å². The Kier molecular flexibility index (Phi) is 5.92. The molecule has 0 amide bonds. The second-order valence-electron chi connectivity index (χ2n) is 7.29. The van der Waals surface area contributed by atoms with Gasteiger partial charge in [0.05, 0.1) is 0 Å². The van der Waals surface area contributed by atoms with Gasteiger partial charge in [-0.1, -0.05) is 79.9 Å². The van der Waals surface area contributed by atoms with Crippen LogP contribution in [0.4, 0.5) is 5.88 Å². The van der Waals surface area contributed by atoms with E-state index in [1.807, 2.05) is 60.7 Å². The molecule has 2 aromatic carbocycles. The van der Waals surface area contributed by atoms with E-state index in [1.165, 1.54) is 19.3 Å². The van der Waals surface area contributed by atoms with Gasteiger partial charge in [0.1, 0.15) is 17.4 Å². The number of nitrogens with zero attached hydrogens (tertiary/aromatic N) is 1. The highest BCUT2D eigenvalue weighted by Crippen LogP contribution is 2.41. The molecule has 146 valence electrons. The number of benzene rings is 2. The molecule has 1 aliphatic rings. The zero-order valence-corrected chi connectivity index (χ0v) is 17.0. The molecule has 0 bridgehead atoms. The van der Waals surface area contributed by atoms with E-state index in [4.69, 9.17) is 16.6 Å². The summed E-state index contributed by atoms with van der Waals surface area (Å²) >= 11 is 5.52. The van der Waals surface area contributed by atoms with Crippen molar-refractivity contribution in [3.8, 4) is 28.5 Å². The Morgan fingerprint density at radius 2 is 1.55 bits per heavy atom. The van der Waals surface area contributed by atoms with Crippen LogP contribution in [0.3, 0.4) is 0 Å². The highest BCUT2D eigenvalue weighted by Gasteiger charge is 2.24. The molecule has 29 heavy (non-hydrogen) atoms. The maximum Gasteiger partial charge on any atom is 0.218 e. The minimum Gasteiger partial charge on any atom is -0.438 e. The lowest BCUT2D eigenvalue weighted by Gasteiger charge is -2.24. The van der Waals surface area contributed by atoms with Crippen molar-refractivity contribution in [2.45, 2.75) is 38.1 Å². The van der Waals surface area contributed by atoms with E-state index in [1.54, 1.807) is 0 Å². The summed E-state index contributed by atoms with van der Waals surface area (Å²) in [5.41, 5.74) is 3.10. The van der Waals surface area contributed by atoms with E-state index in [0.29, 0.717) is 28.4 Å². The molecule has 0 atom stereocenters.